The molecule has 0 radical (unpaired) electrons. The summed E-state index contributed by atoms with van der Waals surface area (Å²) >= 11 is 0. The van der Waals surface area contributed by atoms with Gasteiger partial charge in [-0.2, -0.15) is 23.1 Å². The molecule has 0 saturated carbocycles. The van der Waals surface area contributed by atoms with E-state index < -0.39 is 30.0 Å². The van der Waals surface area contributed by atoms with Gasteiger partial charge in [0.15, 0.2) is 0 Å². The van der Waals surface area contributed by atoms with Gasteiger partial charge in [0.2, 0.25) is 6.54 Å². The molecule has 3 atom stereocenters. The van der Waals surface area contributed by atoms with Crippen LogP contribution < -0.4 is 9.64 Å². The molecular formula is C34H37F3N6O4. The van der Waals surface area contributed by atoms with Crippen molar-refractivity contribution in [3.05, 3.63) is 94.0 Å². The van der Waals surface area contributed by atoms with E-state index in [9.17, 15) is 18.0 Å². The standard InChI is InChI=1S/C34H37F3N6O4/c1-38-18-25-19-42(15-16-43(25)33(44)47-20-23-9-4-3-5-10-23)31-27-22-45-30(26-12-6-7-13-28(26)34(35,36)37)17-29(27)39-32(40-31)46-21-24-11-8-14-41(24)2/h3-7,9-10,12-13,24-25,30H,8,11,14-22H2,2H3/t24-,25-,30?/m0/s1. The summed E-state index contributed by atoms with van der Waals surface area (Å²) in [5.41, 5.74) is 1.41. The Morgan fingerprint density at radius 2 is 1.85 bits per heavy atom. The Labute approximate surface area is 271 Å². The summed E-state index contributed by atoms with van der Waals surface area (Å²) in [5.74, 6) is 0.541. The Bertz CT molecular complexity index is 1600. The Morgan fingerprint density at radius 3 is 2.60 bits per heavy atom. The molecule has 3 aliphatic heterocycles. The molecule has 0 spiro atoms. The lowest BCUT2D eigenvalue weighted by Gasteiger charge is -2.40. The Hall–Kier alpha value is -4.41. The number of piperazine rings is 1. The van der Waals surface area contributed by atoms with E-state index in [4.69, 9.17) is 30.8 Å². The van der Waals surface area contributed by atoms with Crippen LogP contribution in [0, 0.1) is 6.57 Å². The molecular weight excluding hydrogens is 613 g/mol. The lowest BCUT2D eigenvalue weighted by Crippen LogP contribution is -2.57. The summed E-state index contributed by atoms with van der Waals surface area (Å²) in [5, 5.41) is 0. The zero-order chi connectivity index (χ0) is 33.0. The molecule has 2 fully saturated rings. The minimum atomic E-state index is -4.53. The van der Waals surface area contributed by atoms with Crippen LogP contribution in [0.1, 0.15) is 46.9 Å². The molecule has 47 heavy (non-hydrogen) atoms. The van der Waals surface area contributed by atoms with Crippen molar-refractivity contribution in [2.45, 2.75) is 56.8 Å². The number of amides is 1. The summed E-state index contributed by atoms with van der Waals surface area (Å²) in [7, 11) is 2.04. The molecule has 10 nitrogen and oxygen atoms in total. The van der Waals surface area contributed by atoms with E-state index in [-0.39, 0.29) is 50.3 Å². The minimum absolute atomic E-state index is 0.0000146. The van der Waals surface area contributed by atoms with Crippen LogP contribution in [0.4, 0.5) is 23.8 Å². The Balaban J connectivity index is 1.26. The highest BCUT2D eigenvalue weighted by atomic mass is 19.4. The minimum Gasteiger partial charge on any atom is -0.462 e. The van der Waals surface area contributed by atoms with Crippen LogP contribution in [0.2, 0.25) is 0 Å². The molecule has 0 aliphatic carbocycles. The van der Waals surface area contributed by atoms with Gasteiger partial charge in [0.1, 0.15) is 25.1 Å². The fourth-order valence-corrected chi connectivity index (χ4v) is 6.50. The van der Waals surface area contributed by atoms with E-state index in [0.29, 0.717) is 36.8 Å². The third-order valence-electron chi connectivity index (χ3n) is 9.07. The van der Waals surface area contributed by atoms with E-state index in [1.54, 1.807) is 11.0 Å². The van der Waals surface area contributed by atoms with Crippen molar-refractivity contribution < 1.29 is 32.2 Å². The van der Waals surface area contributed by atoms with E-state index in [1.807, 2.05) is 42.3 Å². The number of carbonyl (C=O) groups excluding carboxylic acids is 1. The van der Waals surface area contributed by atoms with Gasteiger partial charge in [0.05, 0.1) is 24.0 Å². The highest BCUT2D eigenvalue weighted by Crippen LogP contribution is 2.40. The first-order chi connectivity index (χ1) is 22.7. The van der Waals surface area contributed by atoms with Gasteiger partial charge in [-0.25, -0.2) is 11.4 Å². The van der Waals surface area contributed by atoms with E-state index in [0.717, 1.165) is 31.0 Å². The van der Waals surface area contributed by atoms with E-state index >= 15 is 0 Å². The number of aromatic nitrogens is 2. The molecule has 2 saturated heterocycles. The Morgan fingerprint density at radius 1 is 1.06 bits per heavy atom. The molecule has 0 N–H and O–H groups in total. The quantitative estimate of drug-likeness (QED) is 0.295. The predicted molar refractivity (Wildman–Crippen MR) is 167 cm³/mol. The number of alkyl halides is 3. The molecule has 0 bridgehead atoms. The number of ether oxygens (including phenoxy) is 3. The number of anilines is 1. The van der Waals surface area contributed by atoms with Crippen LogP contribution in [0.5, 0.6) is 6.01 Å². The second kappa shape index (κ2) is 14.1. The van der Waals surface area contributed by atoms with Crippen LogP contribution in [0.25, 0.3) is 4.85 Å². The number of likely N-dealkylation sites (tertiary alicyclic amines) is 1. The third kappa shape index (κ3) is 7.44. The number of benzene rings is 2. The maximum absolute atomic E-state index is 13.9. The predicted octanol–water partition coefficient (Wildman–Crippen LogP) is 5.53. The van der Waals surface area contributed by atoms with Crippen LogP contribution >= 0.6 is 0 Å². The molecule has 6 rings (SSSR count). The van der Waals surface area contributed by atoms with Crippen molar-refractivity contribution in [3.8, 4) is 6.01 Å². The monoisotopic (exact) mass is 650 g/mol. The first-order valence-electron chi connectivity index (χ1n) is 15.8. The highest BCUT2D eigenvalue weighted by Gasteiger charge is 2.39. The highest BCUT2D eigenvalue weighted by molar-refractivity contribution is 5.69. The molecule has 2 aromatic carbocycles. The summed E-state index contributed by atoms with van der Waals surface area (Å²) in [6.45, 7) is 10.1. The topological polar surface area (TPSA) is 84.6 Å². The van der Waals surface area contributed by atoms with Crippen molar-refractivity contribution in [3.63, 3.8) is 0 Å². The number of likely N-dealkylation sites (N-methyl/N-ethyl adjacent to an activating group) is 1. The van der Waals surface area contributed by atoms with Crippen molar-refractivity contribution in [2.24, 2.45) is 0 Å². The average molecular weight is 651 g/mol. The second-order valence-corrected chi connectivity index (χ2v) is 12.1. The molecule has 1 amide bonds. The number of hydrogen-bond donors (Lipinski definition) is 0. The van der Waals surface area contributed by atoms with Crippen molar-refractivity contribution in [1.29, 1.82) is 0 Å². The molecule has 13 heteroatoms. The van der Waals surface area contributed by atoms with Gasteiger partial charge >= 0.3 is 18.3 Å². The Kier molecular flexibility index (Phi) is 9.79. The number of rotatable bonds is 8. The van der Waals surface area contributed by atoms with Crippen LogP contribution in [0.15, 0.2) is 54.6 Å². The van der Waals surface area contributed by atoms with Gasteiger partial charge in [-0.15, -0.1) is 0 Å². The summed E-state index contributed by atoms with van der Waals surface area (Å²) in [6.07, 6.45) is -3.72. The third-order valence-corrected chi connectivity index (χ3v) is 9.07. The first kappa shape index (κ1) is 32.5. The largest absolute Gasteiger partial charge is 0.462 e. The van der Waals surface area contributed by atoms with E-state index in [2.05, 4.69) is 9.74 Å². The summed E-state index contributed by atoms with van der Waals surface area (Å²) in [4.78, 5) is 32.0. The smallest absolute Gasteiger partial charge is 0.416 e. The normalized spacial score (nSPS) is 21.6. The molecule has 1 aromatic heterocycles. The van der Waals surface area contributed by atoms with Gasteiger partial charge in [-0.05, 0) is 43.6 Å². The number of fused-ring (bicyclic) bond motifs is 1. The molecule has 3 aromatic rings. The summed E-state index contributed by atoms with van der Waals surface area (Å²) < 4.78 is 59.5. The maximum atomic E-state index is 13.9. The average Bonchev–Trinajstić information content (AvgIpc) is 3.50. The van der Waals surface area contributed by atoms with Crippen molar-refractivity contribution in [2.75, 3.05) is 51.3 Å². The number of carbonyl (C=O) groups is 1. The van der Waals surface area contributed by atoms with E-state index in [1.165, 1.54) is 12.1 Å². The fraction of sp³-hybridized carbons (Fsp3) is 0.471. The van der Waals surface area contributed by atoms with Crippen molar-refractivity contribution >= 4 is 11.9 Å². The van der Waals surface area contributed by atoms with Crippen LogP contribution in [0.3, 0.4) is 0 Å². The van der Waals surface area contributed by atoms with Gasteiger partial charge in [0.25, 0.3) is 0 Å². The zero-order valence-electron chi connectivity index (χ0n) is 26.2. The zero-order valence-corrected chi connectivity index (χ0v) is 26.2. The first-order valence-corrected chi connectivity index (χ1v) is 15.8. The SMILES string of the molecule is [C-]#[N+]C[C@H]1CN(c2nc(OC[C@@H]3CCCN3C)nc3c2COC(c2ccccc2C(F)(F)F)C3)CCN1C(=O)OCc1ccccc1. The van der Waals surface area contributed by atoms with Gasteiger partial charge < -0.3 is 28.9 Å². The lowest BCUT2D eigenvalue weighted by atomic mass is 9.95. The van der Waals surface area contributed by atoms with Crippen molar-refractivity contribution in [1.82, 2.24) is 19.8 Å². The number of nitrogens with zero attached hydrogens (tertiary/aromatic N) is 6. The summed E-state index contributed by atoms with van der Waals surface area (Å²) in [6, 6.07) is 14.7. The van der Waals surface area contributed by atoms with Crippen LogP contribution in [-0.2, 0) is 35.3 Å². The van der Waals surface area contributed by atoms with Gasteiger partial charge in [-0.1, -0.05) is 48.5 Å². The van der Waals surface area contributed by atoms with Crippen LogP contribution in [-0.4, -0.2) is 84.3 Å². The van der Waals surface area contributed by atoms with Gasteiger partial charge in [0, 0.05) is 37.7 Å². The molecule has 3 aliphatic rings. The maximum Gasteiger partial charge on any atom is 0.416 e. The lowest BCUT2D eigenvalue weighted by molar-refractivity contribution is -0.139. The van der Waals surface area contributed by atoms with Gasteiger partial charge in [-0.3, -0.25) is 4.90 Å². The number of hydrogen-bond acceptors (Lipinski definition) is 8. The molecule has 248 valence electrons. The second-order valence-electron chi connectivity index (χ2n) is 12.1. The molecule has 4 heterocycles. The fourth-order valence-electron chi connectivity index (χ4n) is 6.50. The number of halogens is 3. The molecule has 1 unspecified atom stereocenters.